The Labute approximate surface area is 149 Å². The smallest absolute Gasteiger partial charge is 0.268 e. The molecule has 0 bridgehead atoms. The highest BCUT2D eigenvalue weighted by molar-refractivity contribution is 8.18. The van der Waals surface area contributed by atoms with Crippen LogP contribution in [0.15, 0.2) is 41.3 Å². The fraction of sp³-hybridized carbons (Fsp3) is 0.0667. The van der Waals surface area contributed by atoms with Gasteiger partial charge in [0.15, 0.2) is 0 Å². The van der Waals surface area contributed by atoms with E-state index in [1.165, 1.54) is 12.1 Å². The van der Waals surface area contributed by atoms with E-state index < -0.39 is 16.1 Å². The highest BCUT2D eigenvalue weighted by Gasteiger charge is 2.35. The predicted octanol–water partition coefficient (Wildman–Crippen LogP) is 4.55. The van der Waals surface area contributed by atoms with Gasteiger partial charge in [-0.15, -0.1) is 0 Å². The van der Waals surface area contributed by atoms with Gasteiger partial charge in [-0.1, -0.05) is 41.1 Å². The van der Waals surface area contributed by atoms with E-state index in [0.717, 1.165) is 28.0 Å². The first-order chi connectivity index (χ1) is 11.5. The van der Waals surface area contributed by atoms with Crippen molar-refractivity contribution in [3.8, 4) is 0 Å². The molecule has 122 valence electrons. The summed E-state index contributed by atoms with van der Waals surface area (Å²) in [7, 11) is 0. The van der Waals surface area contributed by atoms with E-state index in [-0.39, 0.29) is 16.5 Å². The topological polar surface area (TPSA) is 80.5 Å². The molecule has 1 saturated heterocycles. The molecule has 0 aliphatic carbocycles. The van der Waals surface area contributed by atoms with Crippen molar-refractivity contribution < 1.29 is 14.5 Å². The van der Waals surface area contributed by atoms with Crippen molar-refractivity contribution in [3.05, 3.63) is 66.9 Å². The molecule has 1 aromatic heterocycles. The quantitative estimate of drug-likeness (QED) is 0.441. The number of hydrogen-bond acceptors (Lipinski definition) is 6. The molecule has 0 N–H and O–H groups in total. The normalized spacial score (nSPS) is 16.2. The second-order valence-corrected chi connectivity index (χ2v) is 7.29. The van der Waals surface area contributed by atoms with Crippen molar-refractivity contribution in [3.63, 3.8) is 0 Å². The Balaban J connectivity index is 1.82. The number of nitrogens with zero attached hydrogens (tertiary/aromatic N) is 2. The molecule has 9 heteroatoms. The van der Waals surface area contributed by atoms with Crippen LogP contribution < -0.4 is 0 Å². The SMILES string of the molecule is O=C1S/C(=C\c2ccc([N+](=O)[O-])s2)C(=O)N1Cc1ccccc1Cl. The van der Waals surface area contributed by atoms with Crippen LogP contribution in [0.1, 0.15) is 10.4 Å². The van der Waals surface area contributed by atoms with Crippen molar-refractivity contribution in [2.24, 2.45) is 0 Å². The minimum Gasteiger partial charge on any atom is -0.268 e. The summed E-state index contributed by atoms with van der Waals surface area (Å²) >= 11 is 7.82. The van der Waals surface area contributed by atoms with Crippen molar-refractivity contribution >= 4 is 56.9 Å². The first-order valence-corrected chi connectivity index (χ1v) is 8.70. The molecule has 6 nitrogen and oxygen atoms in total. The summed E-state index contributed by atoms with van der Waals surface area (Å²) in [6, 6.07) is 9.90. The first-order valence-electron chi connectivity index (χ1n) is 6.68. The maximum Gasteiger partial charge on any atom is 0.324 e. The van der Waals surface area contributed by atoms with Gasteiger partial charge >= 0.3 is 5.00 Å². The Morgan fingerprint density at radius 3 is 2.62 bits per heavy atom. The minimum atomic E-state index is -0.495. The van der Waals surface area contributed by atoms with E-state index in [1.807, 2.05) is 0 Å². The van der Waals surface area contributed by atoms with E-state index in [0.29, 0.717) is 15.5 Å². The van der Waals surface area contributed by atoms with Gasteiger partial charge in [-0.2, -0.15) is 0 Å². The highest BCUT2D eigenvalue weighted by Crippen LogP contribution is 2.36. The Hall–Kier alpha value is -2.16. The van der Waals surface area contributed by atoms with Crippen molar-refractivity contribution in [1.82, 2.24) is 4.90 Å². The molecule has 0 unspecified atom stereocenters. The van der Waals surface area contributed by atoms with Gasteiger partial charge in [-0.3, -0.25) is 24.6 Å². The van der Waals surface area contributed by atoms with Crippen molar-refractivity contribution in [2.45, 2.75) is 6.54 Å². The fourth-order valence-corrected chi connectivity index (χ4v) is 3.94. The number of thiophene rings is 1. The molecule has 2 aromatic rings. The standard InChI is InChI=1S/C15H9ClN2O4S2/c16-11-4-2-1-3-9(11)8-17-14(19)12(24-15(17)20)7-10-5-6-13(23-10)18(21)22/h1-7H,8H2/b12-7-. The van der Waals surface area contributed by atoms with E-state index >= 15 is 0 Å². The largest absolute Gasteiger partial charge is 0.324 e. The Kier molecular flexibility index (Phi) is 4.70. The third-order valence-corrected chi connectivity index (χ3v) is 5.49. The Morgan fingerprint density at radius 1 is 1.21 bits per heavy atom. The molecular weight excluding hydrogens is 372 g/mol. The van der Waals surface area contributed by atoms with Crippen LogP contribution in [0.25, 0.3) is 6.08 Å². The van der Waals surface area contributed by atoms with Crippen LogP contribution in [-0.2, 0) is 11.3 Å². The number of carbonyl (C=O) groups excluding carboxylic acids is 2. The number of nitro groups is 1. The van der Waals surface area contributed by atoms with Crippen LogP contribution in [0.3, 0.4) is 0 Å². The average molecular weight is 381 g/mol. The van der Waals surface area contributed by atoms with E-state index in [9.17, 15) is 19.7 Å². The van der Waals surface area contributed by atoms with Crippen LogP contribution in [0.2, 0.25) is 5.02 Å². The molecule has 2 heterocycles. The van der Waals surface area contributed by atoms with Gasteiger partial charge in [0.2, 0.25) is 0 Å². The zero-order chi connectivity index (χ0) is 17.3. The summed E-state index contributed by atoms with van der Waals surface area (Å²) in [5.41, 5.74) is 0.675. The molecule has 24 heavy (non-hydrogen) atoms. The van der Waals surface area contributed by atoms with Crippen LogP contribution in [-0.4, -0.2) is 21.0 Å². The number of halogens is 1. The number of benzene rings is 1. The average Bonchev–Trinajstić information content (AvgIpc) is 3.10. The van der Waals surface area contributed by atoms with Gasteiger partial charge in [-0.25, -0.2) is 0 Å². The number of hydrogen-bond donors (Lipinski definition) is 0. The van der Waals surface area contributed by atoms with Crippen molar-refractivity contribution in [1.29, 1.82) is 0 Å². The Morgan fingerprint density at radius 2 is 1.96 bits per heavy atom. The van der Waals surface area contributed by atoms with Gasteiger partial charge in [0.05, 0.1) is 16.4 Å². The second-order valence-electron chi connectivity index (χ2n) is 4.79. The lowest BCUT2D eigenvalue weighted by Gasteiger charge is -2.13. The maximum atomic E-state index is 12.4. The van der Waals surface area contributed by atoms with Crippen LogP contribution >= 0.6 is 34.7 Å². The van der Waals surface area contributed by atoms with Gasteiger partial charge in [0, 0.05) is 16.0 Å². The molecule has 1 fully saturated rings. The zero-order valence-electron chi connectivity index (χ0n) is 12.0. The summed E-state index contributed by atoms with van der Waals surface area (Å²) in [5, 5.41) is 10.8. The third-order valence-electron chi connectivity index (χ3n) is 3.23. The Bertz CT molecular complexity index is 878. The minimum absolute atomic E-state index is 0.0171. The molecule has 1 aliphatic rings. The van der Waals surface area contributed by atoms with Gasteiger partial charge in [0.1, 0.15) is 0 Å². The zero-order valence-corrected chi connectivity index (χ0v) is 14.4. The lowest BCUT2D eigenvalue weighted by Crippen LogP contribution is -2.27. The molecule has 0 spiro atoms. The monoisotopic (exact) mass is 380 g/mol. The lowest BCUT2D eigenvalue weighted by molar-refractivity contribution is -0.380. The predicted molar refractivity (Wildman–Crippen MR) is 93.9 cm³/mol. The summed E-state index contributed by atoms with van der Waals surface area (Å²) < 4.78 is 0. The number of amides is 2. The first kappa shape index (κ1) is 16.7. The van der Waals surface area contributed by atoms with E-state index in [2.05, 4.69) is 0 Å². The molecule has 3 rings (SSSR count). The number of imide groups is 1. The second kappa shape index (κ2) is 6.76. The van der Waals surface area contributed by atoms with Gasteiger partial charge < -0.3 is 0 Å². The van der Waals surface area contributed by atoms with Gasteiger partial charge in [-0.05, 0) is 35.5 Å². The molecule has 0 atom stereocenters. The fourth-order valence-electron chi connectivity index (χ4n) is 2.08. The summed E-state index contributed by atoms with van der Waals surface area (Å²) in [6.07, 6.45) is 1.50. The molecule has 2 amide bonds. The van der Waals surface area contributed by atoms with Crippen LogP contribution in [0, 0.1) is 10.1 Å². The molecule has 1 aliphatic heterocycles. The number of carbonyl (C=O) groups is 2. The third kappa shape index (κ3) is 3.35. The summed E-state index contributed by atoms with van der Waals surface area (Å²) in [6.45, 7) is 0.0896. The van der Waals surface area contributed by atoms with Crippen LogP contribution in [0.4, 0.5) is 9.80 Å². The van der Waals surface area contributed by atoms with E-state index in [1.54, 1.807) is 30.3 Å². The summed E-state index contributed by atoms with van der Waals surface area (Å²) in [5.74, 6) is -0.430. The van der Waals surface area contributed by atoms with E-state index in [4.69, 9.17) is 11.6 Å². The number of rotatable bonds is 4. The number of thioether (sulfide) groups is 1. The van der Waals surface area contributed by atoms with Gasteiger partial charge in [0.25, 0.3) is 11.1 Å². The molecular formula is C15H9ClN2O4S2. The highest BCUT2D eigenvalue weighted by atomic mass is 35.5. The molecule has 0 radical (unpaired) electrons. The van der Waals surface area contributed by atoms with Crippen LogP contribution in [0.5, 0.6) is 0 Å². The maximum absolute atomic E-state index is 12.4. The molecule has 0 saturated carbocycles. The van der Waals surface area contributed by atoms with Crippen molar-refractivity contribution in [2.75, 3.05) is 0 Å². The lowest BCUT2D eigenvalue weighted by atomic mass is 10.2. The summed E-state index contributed by atoms with van der Waals surface area (Å²) in [4.78, 5) is 36.6. The molecule has 1 aromatic carbocycles.